The van der Waals surface area contributed by atoms with Gasteiger partial charge in [-0.25, -0.2) is 0 Å². The molecule has 1 amide bonds. The molecular formula is C64H117NO3. The molecule has 4 nitrogen and oxygen atoms in total. The number of hydrogen-bond acceptors (Lipinski definition) is 3. The molecule has 396 valence electrons. The second-order valence-electron chi connectivity index (χ2n) is 20.4. The quantitative estimate of drug-likeness (QED) is 0.0420. The number of carbonyl (C=O) groups excluding carboxylic acids is 1. The van der Waals surface area contributed by atoms with E-state index in [1.165, 1.54) is 231 Å². The Balaban J connectivity index is 3.50. The SMILES string of the molecule is CC/C=C\C/C=C\C/C=C\C/C=C\C/C=C\CCCCCCCCCCCC(=O)NC(CO)C(O)/C=C/CCCCCCCCCCCCCCCCCCCCCCCCCCCCCCC. The molecule has 2 unspecified atom stereocenters. The van der Waals surface area contributed by atoms with E-state index in [2.05, 4.69) is 79.9 Å². The van der Waals surface area contributed by atoms with Crippen molar-refractivity contribution in [3.63, 3.8) is 0 Å². The highest BCUT2D eigenvalue weighted by Crippen LogP contribution is 2.17. The van der Waals surface area contributed by atoms with Crippen LogP contribution in [-0.4, -0.2) is 34.9 Å². The van der Waals surface area contributed by atoms with Gasteiger partial charge in [-0.05, 0) is 64.2 Å². The predicted molar refractivity (Wildman–Crippen MR) is 304 cm³/mol. The Morgan fingerprint density at radius 1 is 0.368 bits per heavy atom. The van der Waals surface area contributed by atoms with E-state index in [0.29, 0.717) is 6.42 Å². The van der Waals surface area contributed by atoms with Gasteiger partial charge in [-0.3, -0.25) is 4.79 Å². The van der Waals surface area contributed by atoms with Crippen LogP contribution in [0.25, 0.3) is 0 Å². The Morgan fingerprint density at radius 2 is 0.647 bits per heavy atom. The predicted octanol–water partition coefficient (Wildman–Crippen LogP) is 20.1. The first-order valence-corrected chi connectivity index (χ1v) is 30.2. The summed E-state index contributed by atoms with van der Waals surface area (Å²) < 4.78 is 0. The largest absolute Gasteiger partial charge is 0.394 e. The van der Waals surface area contributed by atoms with Gasteiger partial charge in [0.2, 0.25) is 5.91 Å². The number of unbranched alkanes of at least 4 members (excludes halogenated alkanes) is 38. The van der Waals surface area contributed by atoms with E-state index < -0.39 is 12.1 Å². The Bertz CT molecular complexity index is 1170. The van der Waals surface area contributed by atoms with Crippen LogP contribution in [0, 0.1) is 0 Å². The molecule has 2 atom stereocenters. The molecule has 3 N–H and O–H groups in total. The Labute approximate surface area is 425 Å². The van der Waals surface area contributed by atoms with Gasteiger partial charge in [0.25, 0.3) is 0 Å². The van der Waals surface area contributed by atoms with Gasteiger partial charge in [-0.1, -0.05) is 311 Å². The van der Waals surface area contributed by atoms with Gasteiger partial charge < -0.3 is 15.5 Å². The van der Waals surface area contributed by atoms with E-state index in [4.69, 9.17) is 0 Å². The normalized spacial score (nSPS) is 13.3. The molecule has 0 radical (unpaired) electrons. The highest BCUT2D eigenvalue weighted by atomic mass is 16.3. The fourth-order valence-electron chi connectivity index (χ4n) is 9.15. The smallest absolute Gasteiger partial charge is 0.220 e. The summed E-state index contributed by atoms with van der Waals surface area (Å²) in [7, 11) is 0. The molecule has 4 heteroatoms. The van der Waals surface area contributed by atoms with Gasteiger partial charge in [0, 0.05) is 6.42 Å². The highest BCUT2D eigenvalue weighted by Gasteiger charge is 2.18. The first kappa shape index (κ1) is 65.8. The van der Waals surface area contributed by atoms with Crippen molar-refractivity contribution in [1.82, 2.24) is 5.32 Å². The van der Waals surface area contributed by atoms with Crippen LogP contribution < -0.4 is 5.32 Å². The number of rotatable bonds is 55. The first-order valence-electron chi connectivity index (χ1n) is 30.2. The molecule has 0 aromatic carbocycles. The monoisotopic (exact) mass is 948 g/mol. The van der Waals surface area contributed by atoms with Crippen LogP contribution in [0.3, 0.4) is 0 Å². The van der Waals surface area contributed by atoms with Gasteiger partial charge >= 0.3 is 0 Å². The average Bonchev–Trinajstić information content (AvgIpc) is 3.34. The number of amides is 1. The lowest BCUT2D eigenvalue weighted by atomic mass is 10.0. The third-order valence-corrected chi connectivity index (χ3v) is 13.7. The lowest BCUT2D eigenvalue weighted by Gasteiger charge is -2.20. The van der Waals surface area contributed by atoms with Crippen molar-refractivity contribution in [2.24, 2.45) is 0 Å². The van der Waals surface area contributed by atoms with Crippen molar-refractivity contribution in [3.8, 4) is 0 Å². The van der Waals surface area contributed by atoms with Crippen molar-refractivity contribution in [2.45, 2.75) is 321 Å². The van der Waals surface area contributed by atoms with Crippen LogP contribution in [0.5, 0.6) is 0 Å². The van der Waals surface area contributed by atoms with Crippen molar-refractivity contribution in [2.75, 3.05) is 6.61 Å². The average molecular weight is 949 g/mol. The minimum Gasteiger partial charge on any atom is -0.394 e. The fourth-order valence-corrected chi connectivity index (χ4v) is 9.15. The van der Waals surface area contributed by atoms with Crippen molar-refractivity contribution < 1.29 is 15.0 Å². The zero-order valence-corrected chi connectivity index (χ0v) is 45.6. The van der Waals surface area contributed by atoms with E-state index in [0.717, 1.165) is 57.8 Å². The molecule has 0 aromatic rings. The second kappa shape index (κ2) is 59.1. The van der Waals surface area contributed by atoms with Gasteiger partial charge in [-0.2, -0.15) is 0 Å². The maximum Gasteiger partial charge on any atom is 0.220 e. The third kappa shape index (κ3) is 54.8. The summed E-state index contributed by atoms with van der Waals surface area (Å²) >= 11 is 0. The maximum absolute atomic E-state index is 12.5. The summed E-state index contributed by atoms with van der Waals surface area (Å²) in [4.78, 5) is 12.5. The van der Waals surface area contributed by atoms with Gasteiger partial charge in [-0.15, -0.1) is 0 Å². The summed E-state index contributed by atoms with van der Waals surface area (Å²) in [6.45, 7) is 4.22. The van der Waals surface area contributed by atoms with E-state index in [1.54, 1.807) is 6.08 Å². The summed E-state index contributed by atoms with van der Waals surface area (Å²) in [6.07, 6.45) is 85.1. The van der Waals surface area contributed by atoms with Crippen LogP contribution in [0.4, 0.5) is 0 Å². The second-order valence-corrected chi connectivity index (χ2v) is 20.4. The molecule has 0 rings (SSSR count). The van der Waals surface area contributed by atoms with Crippen LogP contribution >= 0.6 is 0 Å². The molecule has 0 bridgehead atoms. The zero-order chi connectivity index (χ0) is 49.2. The molecule has 0 heterocycles. The lowest BCUT2D eigenvalue weighted by molar-refractivity contribution is -0.123. The molecule has 0 aliphatic heterocycles. The Morgan fingerprint density at radius 3 is 0.971 bits per heavy atom. The molecule has 0 saturated heterocycles. The van der Waals surface area contributed by atoms with Crippen LogP contribution in [-0.2, 0) is 4.79 Å². The van der Waals surface area contributed by atoms with Crippen molar-refractivity contribution in [1.29, 1.82) is 0 Å². The zero-order valence-electron chi connectivity index (χ0n) is 45.6. The number of aliphatic hydroxyl groups excluding tert-OH is 2. The fraction of sp³-hybridized carbons (Fsp3) is 0.797. The van der Waals surface area contributed by atoms with Crippen LogP contribution in [0.2, 0.25) is 0 Å². The summed E-state index contributed by atoms with van der Waals surface area (Å²) in [5.74, 6) is -0.0695. The van der Waals surface area contributed by atoms with Gasteiger partial charge in [0.05, 0.1) is 18.8 Å². The summed E-state index contributed by atoms with van der Waals surface area (Å²) in [5, 5.41) is 23.2. The Hall–Kier alpha value is -2.17. The van der Waals surface area contributed by atoms with E-state index in [9.17, 15) is 15.0 Å². The highest BCUT2D eigenvalue weighted by molar-refractivity contribution is 5.76. The van der Waals surface area contributed by atoms with E-state index >= 15 is 0 Å². The summed E-state index contributed by atoms with van der Waals surface area (Å²) in [6, 6.07) is -0.631. The molecule has 68 heavy (non-hydrogen) atoms. The van der Waals surface area contributed by atoms with Crippen molar-refractivity contribution >= 4 is 5.91 Å². The molecule has 0 aliphatic rings. The maximum atomic E-state index is 12.5. The minimum absolute atomic E-state index is 0.0695. The number of aliphatic hydroxyl groups is 2. The topological polar surface area (TPSA) is 69.6 Å². The molecule has 0 aromatic heterocycles. The van der Waals surface area contributed by atoms with Crippen LogP contribution in [0.1, 0.15) is 309 Å². The molecule has 0 saturated carbocycles. The first-order chi connectivity index (χ1) is 33.7. The van der Waals surface area contributed by atoms with Gasteiger partial charge in [0.15, 0.2) is 0 Å². The Kier molecular flexibility index (Phi) is 57.3. The number of hydrogen-bond donors (Lipinski definition) is 3. The van der Waals surface area contributed by atoms with Crippen LogP contribution in [0.15, 0.2) is 72.9 Å². The minimum atomic E-state index is -0.847. The molecule has 0 spiro atoms. The lowest BCUT2D eigenvalue weighted by Crippen LogP contribution is -2.45. The van der Waals surface area contributed by atoms with Crippen molar-refractivity contribution in [3.05, 3.63) is 72.9 Å². The molecule has 0 aliphatic carbocycles. The van der Waals surface area contributed by atoms with Gasteiger partial charge in [0.1, 0.15) is 0 Å². The third-order valence-electron chi connectivity index (χ3n) is 13.7. The number of nitrogens with one attached hydrogen (secondary N) is 1. The number of carbonyl (C=O) groups is 1. The van der Waals surface area contributed by atoms with E-state index in [1.807, 2.05) is 6.08 Å². The molecular weight excluding hydrogens is 831 g/mol. The number of allylic oxidation sites excluding steroid dienone is 11. The summed E-state index contributed by atoms with van der Waals surface area (Å²) in [5.41, 5.74) is 0. The van der Waals surface area contributed by atoms with E-state index in [-0.39, 0.29) is 12.5 Å². The standard InChI is InChI=1S/C64H117NO3/c1-3-5-7-9-11-13-15-17-19-21-23-25-27-29-30-31-32-33-34-36-37-39-41-43-45-47-49-51-53-55-57-59-63(67)62(61-66)65-64(68)60-58-56-54-52-50-48-46-44-42-40-38-35-28-26-24-22-20-18-16-14-12-10-8-6-4-2/h6,8,12,14,18,20,24,26,35,38,57,59,62-63,66-67H,3-5,7,9-11,13,15-17,19,21-23,25,27-34,36-37,39-56,58,60-61H2,1-2H3,(H,65,68)/b8-6-,14-12-,20-18-,26-24-,38-35-,59-57+. The molecule has 0 fully saturated rings.